The van der Waals surface area contributed by atoms with E-state index in [0.29, 0.717) is 6.54 Å². The molecule has 1 heterocycles. The lowest BCUT2D eigenvalue weighted by Crippen LogP contribution is -2.45. The molecule has 1 aromatic rings. The van der Waals surface area contributed by atoms with Gasteiger partial charge in [0.15, 0.2) is 0 Å². The van der Waals surface area contributed by atoms with E-state index in [4.69, 9.17) is 11.6 Å². The predicted octanol–water partition coefficient (Wildman–Crippen LogP) is 5.16. The number of amides is 2. The van der Waals surface area contributed by atoms with Crippen molar-refractivity contribution in [3.05, 3.63) is 28.8 Å². The van der Waals surface area contributed by atoms with Gasteiger partial charge in [0, 0.05) is 17.6 Å². The summed E-state index contributed by atoms with van der Waals surface area (Å²) in [5.41, 5.74) is -1.19. The Labute approximate surface area is 132 Å². The van der Waals surface area contributed by atoms with E-state index in [1.54, 1.807) is 4.90 Å². The van der Waals surface area contributed by atoms with Gasteiger partial charge in [0.2, 0.25) is 0 Å². The van der Waals surface area contributed by atoms with Crippen molar-refractivity contribution in [2.45, 2.75) is 44.8 Å². The van der Waals surface area contributed by atoms with E-state index < -0.39 is 17.8 Å². The summed E-state index contributed by atoms with van der Waals surface area (Å²) in [5, 5.41) is 2.37. The zero-order chi connectivity index (χ0) is 16.3. The Morgan fingerprint density at radius 3 is 2.77 bits per heavy atom. The molecule has 1 saturated heterocycles. The minimum absolute atomic E-state index is 0.0188. The molecule has 1 aliphatic heterocycles. The first-order valence-electron chi connectivity index (χ1n) is 7.27. The maximum atomic E-state index is 13.0. The number of piperidine rings is 1. The predicted molar refractivity (Wildman–Crippen MR) is 80.1 cm³/mol. The fraction of sp³-hybridized carbons (Fsp3) is 0.533. The van der Waals surface area contributed by atoms with Crippen LogP contribution in [0.2, 0.25) is 5.02 Å². The Hall–Kier alpha value is -1.43. The van der Waals surface area contributed by atoms with Crippen LogP contribution in [0.15, 0.2) is 18.2 Å². The van der Waals surface area contributed by atoms with Gasteiger partial charge >= 0.3 is 12.2 Å². The normalized spacial score (nSPS) is 19.1. The third kappa shape index (κ3) is 3.85. The summed E-state index contributed by atoms with van der Waals surface area (Å²) in [5.74, 6) is 0. The average Bonchev–Trinajstić information content (AvgIpc) is 2.48. The van der Waals surface area contributed by atoms with Gasteiger partial charge < -0.3 is 10.2 Å². The molecule has 1 aromatic carbocycles. The lowest BCUT2D eigenvalue weighted by atomic mass is 10.0. The number of nitrogens with one attached hydrogen (secondary N) is 1. The number of urea groups is 1. The highest BCUT2D eigenvalue weighted by Crippen LogP contribution is 2.36. The van der Waals surface area contributed by atoms with Crippen LogP contribution in [0.4, 0.5) is 23.7 Å². The number of rotatable bonds is 2. The van der Waals surface area contributed by atoms with Crippen LogP contribution in [0.1, 0.15) is 38.2 Å². The number of carbonyl (C=O) groups excluding carboxylic acids is 1. The summed E-state index contributed by atoms with van der Waals surface area (Å²) >= 11 is 5.63. The van der Waals surface area contributed by atoms with E-state index in [9.17, 15) is 18.0 Å². The maximum absolute atomic E-state index is 13.0. The van der Waals surface area contributed by atoms with Crippen LogP contribution in [0.5, 0.6) is 0 Å². The highest BCUT2D eigenvalue weighted by molar-refractivity contribution is 6.30. The Balaban J connectivity index is 2.21. The van der Waals surface area contributed by atoms with Gasteiger partial charge in [-0.1, -0.05) is 18.5 Å². The van der Waals surface area contributed by atoms with Crippen molar-refractivity contribution in [1.82, 2.24) is 4.90 Å². The van der Waals surface area contributed by atoms with E-state index in [-0.39, 0.29) is 16.8 Å². The molecule has 1 atom stereocenters. The first kappa shape index (κ1) is 16.9. The summed E-state index contributed by atoms with van der Waals surface area (Å²) in [4.78, 5) is 13.9. The molecule has 0 spiro atoms. The summed E-state index contributed by atoms with van der Waals surface area (Å²) in [6.45, 7) is 2.54. The molecular formula is C15H18ClF3N2O. The molecule has 1 aliphatic rings. The zero-order valence-corrected chi connectivity index (χ0v) is 13.0. The minimum atomic E-state index is -4.57. The number of likely N-dealkylation sites (tertiary alicyclic amines) is 1. The van der Waals surface area contributed by atoms with Crippen molar-refractivity contribution in [2.75, 3.05) is 11.9 Å². The summed E-state index contributed by atoms with van der Waals surface area (Å²) < 4.78 is 39.1. The number of hydrogen-bond acceptors (Lipinski definition) is 1. The molecule has 22 heavy (non-hydrogen) atoms. The smallest absolute Gasteiger partial charge is 0.322 e. The number of anilines is 1. The molecule has 1 N–H and O–H groups in total. The fourth-order valence-corrected chi connectivity index (χ4v) is 2.91. The first-order valence-corrected chi connectivity index (χ1v) is 7.65. The van der Waals surface area contributed by atoms with Crippen LogP contribution in [-0.4, -0.2) is 23.5 Å². The van der Waals surface area contributed by atoms with Crippen molar-refractivity contribution in [2.24, 2.45) is 0 Å². The van der Waals surface area contributed by atoms with Gasteiger partial charge in [-0.3, -0.25) is 0 Å². The third-order valence-corrected chi connectivity index (χ3v) is 4.12. The molecule has 2 amide bonds. The van der Waals surface area contributed by atoms with Gasteiger partial charge in [0.25, 0.3) is 0 Å². The zero-order valence-electron chi connectivity index (χ0n) is 12.2. The van der Waals surface area contributed by atoms with Crippen molar-refractivity contribution in [3.8, 4) is 0 Å². The number of benzene rings is 1. The topological polar surface area (TPSA) is 32.3 Å². The SMILES string of the molecule is CCC1CCCCN1C(=O)Nc1ccc(Cl)cc1C(F)(F)F. The standard InChI is InChI=1S/C15H18ClF3N2O/c1-2-11-5-3-4-8-21(11)14(22)20-13-7-6-10(16)9-12(13)15(17,18)19/h6-7,9,11H,2-5,8H2,1H3,(H,20,22). The van der Waals surface area contributed by atoms with Crippen LogP contribution in [-0.2, 0) is 6.18 Å². The second kappa shape index (κ2) is 6.77. The third-order valence-electron chi connectivity index (χ3n) is 3.89. The van der Waals surface area contributed by atoms with Crippen molar-refractivity contribution in [3.63, 3.8) is 0 Å². The van der Waals surface area contributed by atoms with Crippen LogP contribution < -0.4 is 5.32 Å². The molecular weight excluding hydrogens is 317 g/mol. The fourth-order valence-electron chi connectivity index (χ4n) is 2.74. The van der Waals surface area contributed by atoms with E-state index >= 15 is 0 Å². The lowest BCUT2D eigenvalue weighted by Gasteiger charge is -2.35. The van der Waals surface area contributed by atoms with E-state index in [1.165, 1.54) is 12.1 Å². The van der Waals surface area contributed by atoms with E-state index in [2.05, 4.69) is 5.32 Å². The second-order valence-corrected chi connectivity index (χ2v) is 5.81. The molecule has 0 bridgehead atoms. The Kier molecular flexibility index (Phi) is 5.21. The lowest BCUT2D eigenvalue weighted by molar-refractivity contribution is -0.136. The van der Waals surface area contributed by atoms with Crippen molar-refractivity contribution < 1.29 is 18.0 Å². The Bertz CT molecular complexity index is 548. The number of hydrogen-bond donors (Lipinski definition) is 1. The molecule has 1 fully saturated rings. The number of carbonyl (C=O) groups is 1. The van der Waals surface area contributed by atoms with Crippen LogP contribution >= 0.6 is 11.6 Å². The molecule has 2 rings (SSSR count). The van der Waals surface area contributed by atoms with Crippen LogP contribution in [0, 0.1) is 0 Å². The maximum Gasteiger partial charge on any atom is 0.418 e. The van der Waals surface area contributed by atoms with Crippen LogP contribution in [0.3, 0.4) is 0 Å². The molecule has 7 heteroatoms. The number of alkyl halides is 3. The Morgan fingerprint density at radius 2 is 2.14 bits per heavy atom. The summed E-state index contributed by atoms with van der Waals surface area (Å²) in [6, 6.07) is 2.94. The second-order valence-electron chi connectivity index (χ2n) is 5.37. The van der Waals surface area contributed by atoms with Gasteiger partial charge in [-0.05, 0) is 43.9 Å². The quantitative estimate of drug-likeness (QED) is 0.796. The molecule has 122 valence electrons. The molecule has 0 aliphatic carbocycles. The molecule has 1 unspecified atom stereocenters. The van der Waals surface area contributed by atoms with Gasteiger partial charge in [0.1, 0.15) is 0 Å². The largest absolute Gasteiger partial charge is 0.418 e. The molecule has 3 nitrogen and oxygen atoms in total. The highest BCUT2D eigenvalue weighted by Gasteiger charge is 2.35. The average molecular weight is 335 g/mol. The van der Waals surface area contributed by atoms with Gasteiger partial charge in [-0.25, -0.2) is 4.79 Å². The van der Waals surface area contributed by atoms with Crippen LogP contribution in [0.25, 0.3) is 0 Å². The van der Waals surface area contributed by atoms with E-state index in [1.807, 2.05) is 6.92 Å². The molecule has 0 radical (unpaired) electrons. The van der Waals surface area contributed by atoms with E-state index in [0.717, 1.165) is 31.7 Å². The Morgan fingerprint density at radius 1 is 1.41 bits per heavy atom. The van der Waals surface area contributed by atoms with Crippen molar-refractivity contribution >= 4 is 23.3 Å². The number of nitrogens with zero attached hydrogens (tertiary/aromatic N) is 1. The van der Waals surface area contributed by atoms with Gasteiger partial charge in [-0.2, -0.15) is 13.2 Å². The van der Waals surface area contributed by atoms with Gasteiger partial charge in [-0.15, -0.1) is 0 Å². The molecule has 0 saturated carbocycles. The molecule has 0 aromatic heterocycles. The van der Waals surface area contributed by atoms with Gasteiger partial charge in [0.05, 0.1) is 11.3 Å². The van der Waals surface area contributed by atoms with Crippen molar-refractivity contribution in [1.29, 1.82) is 0 Å². The summed E-state index contributed by atoms with van der Waals surface area (Å²) in [6.07, 6.45) is -0.982. The number of halogens is 4. The first-order chi connectivity index (χ1) is 10.3. The monoisotopic (exact) mass is 334 g/mol. The summed E-state index contributed by atoms with van der Waals surface area (Å²) in [7, 11) is 0. The highest BCUT2D eigenvalue weighted by atomic mass is 35.5. The minimum Gasteiger partial charge on any atom is -0.322 e.